The number of unbranched alkanes of at least 4 members (excludes halogenated alkanes) is 5. The Morgan fingerprint density at radius 2 is 1.58 bits per heavy atom. The summed E-state index contributed by atoms with van der Waals surface area (Å²) < 4.78 is 5.31. The van der Waals surface area contributed by atoms with Crippen molar-refractivity contribution in [1.29, 1.82) is 0 Å². The van der Waals surface area contributed by atoms with Crippen LogP contribution in [0.3, 0.4) is 0 Å². The lowest BCUT2D eigenvalue weighted by Crippen LogP contribution is -2.14. The second kappa shape index (κ2) is 12.1. The highest BCUT2D eigenvalue weighted by molar-refractivity contribution is 5.89. The molecule has 112 valence electrons. The zero-order chi connectivity index (χ0) is 14.5. The molecule has 0 unspecified atom stereocenters. The Kier molecular flexibility index (Phi) is 11.4. The molecule has 0 heterocycles. The maximum absolute atomic E-state index is 11.9. The zero-order valence-electron chi connectivity index (χ0n) is 13.0. The van der Waals surface area contributed by atoms with Crippen molar-refractivity contribution in [1.82, 2.24) is 0 Å². The Balaban J connectivity index is 3.88. The molecular formula is C16H31NO2. The van der Waals surface area contributed by atoms with E-state index in [4.69, 9.17) is 10.5 Å². The van der Waals surface area contributed by atoms with Crippen molar-refractivity contribution in [3.05, 3.63) is 11.3 Å². The molecule has 0 aromatic rings. The van der Waals surface area contributed by atoms with Crippen LogP contribution in [0.2, 0.25) is 0 Å². The summed E-state index contributed by atoms with van der Waals surface area (Å²) in [6.45, 7) is 6.74. The maximum atomic E-state index is 11.9. The molecule has 0 fully saturated rings. The second-order valence-electron chi connectivity index (χ2n) is 5.01. The fraction of sp³-hybridized carbons (Fsp3) is 0.812. The van der Waals surface area contributed by atoms with Gasteiger partial charge < -0.3 is 10.5 Å². The molecule has 3 nitrogen and oxygen atoms in total. The van der Waals surface area contributed by atoms with Crippen LogP contribution in [0.4, 0.5) is 0 Å². The highest BCUT2D eigenvalue weighted by Crippen LogP contribution is 2.13. The van der Waals surface area contributed by atoms with E-state index >= 15 is 0 Å². The van der Waals surface area contributed by atoms with Crippen LogP contribution in [0.15, 0.2) is 11.3 Å². The number of carbonyl (C=O) groups is 1. The van der Waals surface area contributed by atoms with E-state index < -0.39 is 0 Å². The van der Waals surface area contributed by atoms with E-state index in [1.165, 1.54) is 25.7 Å². The number of ether oxygens (including phenoxy) is 1. The van der Waals surface area contributed by atoms with Gasteiger partial charge in [-0.15, -0.1) is 0 Å². The van der Waals surface area contributed by atoms with Gasteiger partial charge in [-0.3, -0.25) is 0 Å². The second-order valence-corrected chi connectivity index (χ2v) is 5.01. The monoisotopic (exact) mass is 269 g/mol. The number of allylic oxidation sites excluding steroid dienone is 1. The van der Waals surface area contributed by atoms with Crippen molar-refractivity contribution in [3.63, 3.8) is 0 Å². The highest BCUT2D eigenvalue weighted by atomic mass is 16.5. The van der Waals surface area contributed by atoms with Crippen molar-refractivity contribution < 1.29 is 9.53 Å². The van der Waals surface area contributed by atoms with Crippen LogP contribution in [-0.2, 0) is 9.53 Å². The summed E-state index contributed by atoms with van der Waals surface area (Å²) in [6.07, 6.45) is 9.53. The number of esters is 1. The third-order valence-electron chi connectivity index (χ3n) is 3.25. The molecule has 3 heteroatoms. The quantitative estimate of drug-likeness (QED) is 0.345. The average Bonchev–Trinajstić information content (AvgIpc) is 2.42. The topological polar surface area (TPSA) is 52.3 Å². The molecule has 0 spiro atoms. The predicted molar refractivity (Wildman–Crippen MR) is 80.7 cm³/mol. The SMILES string of the molecule is CCCCCCCCOC(=O)/C(CCC)=C(\N)CC. The van der Waals surface area contributed by atoms with Crippen LogP contribution in [0.5, 0.6) is 0 Å². The highest BCUT2D eigenvalue weighted by Gasteiger charge is 2.13. The van der Waals surface area contributed by atoms with Crippen LogP contribution >= 0.6 is 0 Å². The Hall–Kier alpha value is -0.990. The van der Waals surface area contributed by atoms with Crippen LogP contribution < -0.4 is 5.73 Å². The molecule has 0 aliphatic rings. The summed E-state index contributed by atoms with van der Waals surface area (Å²) in [5, 5.41) is 0. The predicted octanol–water partition coefficient (Wildman–Crippen LogP) is 4.31. The maximum Gasteiger partial charge on any atom is 0.335 e. The van der Waals surface area contributed by atoms with E-state index in [0.717, 1.165) is 25.7 Å². The molecule has 0 saturated carbocycles. The zero-order valence-corrected chi connectivity index (χ0v) is 13.0. The molecule has 0 saturated heterocycles. The van der Waals surface area contributed by atoms with Crippen molar-refractivity contribution in [3.8, 4) is 0 Å². The molecule has 0 bridgehead atoms. The van der Waals surface area contributed by atoms with Gasteiger partial charge >= 0.3 is 5.97 Å². The van der Waals surface area contributed by atoms with Crippen LogP contribution in [-0.4, -0.2) is 12.6 Å². The van der Waals surface area contributed by atoms with Crippen molar-refractivity contribution in [2.45, 2.75) is 78.6 Å². The van der Waals surface area contributed by atoms with Gasteiger partial charge in [-0.2, -0.15) is 0 Å². The van der Waals surface area contributed by atoms with Crippen LogP contribution in [0.1, 0.15) is 78.6 Å². The van der Waals surface area contributed by atoms with Crippen molar-refractivity contribution in [2.24, 2.45) is 5.73 Å². The fourth-order valence-electron chi connectivity index (χ4n) is 1.99. The molecular weight excluding hydrogens is 238 g/mol. The first-order chi connectivity index (χ1) is 9.17. The van der Waals surface area contributed by atoms with Gasteiger partial charge in [-0.05, 0) is 19.3 Å². The summed E-state index contributed by atoms with van der Waals surface area (Å²) in [4.78, 5) is 11.9. The fourth-order valence-corrected chi connectivity index (χ4v) is 1.99. The third-order valence-corrected chi connectivity index (χ3v) is 3.25. The standard InChI is InChI=1S/C16H31NO2/c1-4-7-8-9-10-11-13-19-16(18)14(12-5-2)15(17)6-3/h4-13,17H2,1-3H3/b15-14-. The minimum absolute atomic E-state index is 0.213. The average molecular weight is 269 g/mol. The molecule has 2 N–H and O–H groups in total. The van der Waals surface area contributed by atoms with E-state index in [9.17, 15) is 4.79 Å². The van der Waals surface area contributed by atoms with E-state index in [1.54, 1.807) is 0 Å². The van der Waals surface area contributed by atoms with Gasteiger partial charge in [0.1, 0.15) is 0 Å². The first-order valence-electron chi connectivity index (χ1n) is 7.81. The largest absolute Gasteiger partial charge is 0.462 e. The van der Waals surface area contributed by atoms with Crippen LogP contribution in [0.25, 0.3) is 0 Å². The number of nitrogens with two attached hydrogens (primary N) is 1. The molecule has 0 aliphatic heterocycles. The molecule has 0 amide bonds. The smallest absolute Gasteiger partial charge is 0.335 e. The minimum atomic E-state index is -0.213. The lowest BCUT2D eigenvalue weighted by Gasteiger charge is -2.10. The first-order valence-corrected chi connectivity index (χ1v) is 7.81. The molecule has 0 aliphatic carbocycles. The summed E-state index contributed by atoms with van der Waals surface area (Å²) in [7, 11) is 0. The van der Waals surface area contributed by atoms with Gasteiger partial charge in [0, 0.05) is 5.70 Å². The van der Waals surface area contributed by atoms with Gasteiger partial charge in [0.2, 0.25) is 0 Å². The third kappa shape index (κ3) is 8.68. The summed E-state index contributed by atoms with van der Waals surface area (Å²) in [5.74, 6) is -0.213. The summed E-state index contributed by atoms with van der Waals surface area (Å²) in [6, 6.07) is 0. The van der Waals surface area contributed by atoms with E-state index in [-0.39, 0.29) is 5.97 Å². The number of hydrogen-bond donors (Lipinski definition) is 1. The summed E-state index contributed by atoms with van der Waals surface area (Å²) in [5.41, 5.74) is 7.22. The first kappa shape index (κ1) is 18.0. The van der Waals surface area contributed by atoms with Gasteiger partial charge in [0.05, 0.1) is 12.2 Å². The van der Waals surface area contributed by atoms with Gasteiger partial charge in [0.15, 0.2) is 0 Å². The van der Waals surface area contributed by atoms with Gasteiger partial charge in [0.25, 0.3) is 0 Å². The Labute approximate surface area is 118 Å². The minimum Gasteiger partial charge on any atom is -0.462 e. The van der Waals surface area contributed by atoms with E-state index in [1.807, 2.05) is 13.8 Å². The van der Waals surface area contributed by atoms with E-state index in [2.05, 4.69) is 6.92 Å². The molecule has 0 rings (SSSR count). The van der Waals surface area contributed by atoms with Crippen LogP contribution in [0, 0.1) is 0 Å². The number of hydrogen-bond acceptors (Lipinski definition) is 3. The Morgan fingerprint density at radius 3 is 2.16 bits per heavy atom. The Morgan fingerprint density at radius 1 is 0.947 bits per heavy atom. The molecule has 19 heavy (non-hydrogen) atoms. The normalized spacial score (nSPS) is 12.2. The molecule has 0 radical (unpaired) electrons. The van der Waals surface area contributed by atoms with Gasteiger partial charge in [-0.25, -0.2) is 4.79 Å². The molecule has 0 atom stereocenters. The lowest BCUT2D eigenvalue weighted by atomic mass is 10.1. The van der Waals surface area contributed by atoms with E-state index in [0.29, 0.717) is 24.3 Å². The number of carbonyl (C=O) groups excluding carboxylic acids is 1. The number of rotatable bonds is 11. The van der Waals surface area contributed by atoms with Crippen molar-refractivity contribution >= 4 is 5.97 Å². The van der Waals surface area contributed by atoms with Crippen molar-refractivity contribution in [2.75, 3.05) is 6.61 Å². The van der Waals surface area contributed by atoms with Gasteiger partial charge in [-0.1, -0.05) is 59.3 Å². The molecule has 0 aromatic carbocycles. The lowest BCUT2D eigenvalue weighted by molar-refractivity contribution is -0.139. The summed E-state index contributed by atoms with van der Waals surface area (Å²) >= 11 is 0. The molecule has 0 aromatic heterocycles. The Bertz CT molecular complexity index is 272.